The van der Waals surface area contributed by atoms with Gasteiger partial charge in [0, 0.05) is 55.1 Å². The molecule has 0 bridgehead atoms. The minimum atomic E-state index is -3.03. The van der Waals surface area contributed by atoms with Crippen molar-refractivity contribution in [2.24, 2.45) is 0 Å². The third kappa shape index (κ3) is 4.50. The van der Waals surface area contributed by atoms with Gasteiger partial charge >= 0.3 is 0 Å². The summed E-state index contributed by atoms with van der Waals surface area (Å²) in [4.78, 5) is 5.10. The standard InChI is InChI=1S/C14H23N3O2S2/c1-21(18,19)17-8-6-16(7-9-17)11-14-5-4-13(20-14)10-15-12-2-3-12/h4-5,12,15H,2-3,6-11H2,1H3. The van der Waals surface area contributed by atoms with Crippen molar-refractivity contribution in [2.75, 3.05) is 32.4 Å². The second-order valence-corrected chi connectivity index (χ2v) is 9.20. The zero-order valence-corrected chi connectivity index (χ0v) is 14.0. The first-order valence-corrected chi connectivity index (χ1v) is 10.2. The molecular weight excluding hydrogens is 306 g/mol. The predicted molar refractivity (Wildman–Crippen MR) is 85.9 cm³/mol. The van der Waals surface area contributed by atoms with Gasteiger partial charge < -0.3 is 5.32 Å². The van der Waals surface area contributed by atoms with E-state index in [2.05, 4.69) is 22.3 Å². The molecule has 1 saturated heterocycles. The van der Waals surface area contributed by atoms with E-state index in [0.717, 1.165) is 32.2 Å². The van der Waals surface area contributed by atoms with Crippen LogP contribution in [0.4, 0.5) is 0 Å². The summed E-state index contributed by atoms with van der Waals surface area (Å²) in [5, 5.41) is 3.54. The number of nitrogens with one attached hydrogen (secondary N) is 1. The summed E-state index contributed by atoms with van der Waals surface area (Å²) in [6, 6.07) is 5.17. The topological polar surface area (TPSA) is 52.7 Å². The molecule has 1 aromatic heterocycles. The molecule has 0 atom stereocenters. The van der Waals surface area contributed by atoms with Crippen molar-refractivity contribution in [1.29, 1.82) is 0 Å². The molecule has 1 aliphatic carbocycles. The molecule has 1 aromatic rings. The molecule has 1 saturated carbocycles. The molecule has 0 spiro atoms. The summed E-state index contributed by atoms with van der Waals surface area (Å²) in [6.07, 6.45) is 3.94. The molecule has 0 radical (unpaired) electrons. The number of hydrogen-bond donors (Lipinski definition) is 1. The molecule has 2 aliphatic rings. The van der Waals surface area contributed by atoms with Crippen LogP contribution in [0.25, 0.3) is 0 Å². The molecule has 2 fully saturated rings. The van der Waals surface area contributed by atoms with E-state index in [0.29, 0.717) is 13.1 Å². The van der Waals surface area contributed by atoms with Crippen LogP contribution in [0.2, 0.25) is 0 Å². The van der Waals surface area contributed by atoms with E-state index in [4.69, 9.17) is 0 Å². The first kappa shape index (κ1) is 15.4. The van der Waals surface area contributed by atoms with Crippen molar-refractivity contribution in [3.05, 3.63) is 21.9 Å². The van der Waals surface area contributed by atoms with Gasteiger partial charge in [-0.1, -0.05) is 0 Å². The maximum absolute atomic E-state index is 11.5. The van der Waals surface area contributed by atoms with Crippen molar-refractivity contribution in [3.8, 4) is 0 Å². The quantitative estimate of drug-likeness (QED) is 0.848. The summed E-state index contributed by atoms with van der Waals surface area (Å²) in [5.74, 6) is 0. The van der Waals surface area contributed by atoms with Crippen molar-refractivity contribution in [2.45, 2.75) is 32.0 Å². The second-order valence-electron chi connectivity index (χ2n) is 5.96. The number of hydrogen-bond acceptors (Lipinski definition) is 5. The second kappa shape index (κ2) is 6.34. The molecule has 3 rings (SSSR count). The van der Waals surface area contributed by atoms with Crippen LogP contribution in [0.1, 0.15) is 22.6 Å². The normalized spacial score (nSPS) is 21.8. The van der Waals surface area contributed by atoms with Crippen LogP contribution in [0.15, 0.2) is 12.1 Å². The zero-order chi connectivity index (χ0) is 14.9. The Balaban J connectivity index is 1.46. The van der Waals surface area contributed by atoms with Gasteiger partial charge in [-0.25, -0.2) is 8.42 Å². The van der Waals surface area contributed by atoms with Crippen LogP contribution in [0.3, 0.4) is 0 Å². The smallest absolute Gasteiger partial charge is 0.211 e. The zero-order valence-electron chi connectivity index (χ0n) is 12.4. The molecule has 2 heterocycles. The maximum atomic E-state index is 11.5. The molecule has 118 valence electrons. The summed E-state index contributed by atoms with van der Waals surface area (Å²) in [6.45, 7) is 4.78. The molecule has 5 nitrogen and oxygen atoms in total. The van der Waals surface area contributed by atoms with Gasteiger partial charge in [-0.05, 0) is 25.0 Å². The van der Waals surface area contributed by atoms with Gasteiger partial charge in [0.2, 0.25) is 10.0 Å². The fourth-order valence-electron chi connectivity index (χ4n) is 2.57. The lowest BCUT2D eigenvalue weighted by atomic mass is 10.3. The molecule has 0 unspecified atom stereocenters. The highest BCUT2D eigenvalue weighted by Gasteiger charge is 2.23. The van der Waals surface area contributed by atoms with Gasteiger partial charge in [-0.15, -0.1) is 11.3 Å². The van der Waals surface area contributed by atoms with E-state index >= 15 is 0 Å². The number of nitrogens with zero attached hydrogens (tertiary/aromatic N) is 2. The van der Waals surface area contributed by atoms with E-state index in [-0.39, 0.29) is 0 Å². The number of rotatable bonds is 6. The minimum Gasteiger partial charge on any atom is -0.309 e. The summed E-state index contributed by atoms with van der Waals surface area (Å²) < 4.78 is 24.6. The molecule has 1 aliphatic heterocycles. The van der Waals surface area contributed by atoms with Crippen molar-refractivity contribution in [3.63, 3.8) is 0 Å². The van der Waals surface area contributed by atoms with E-state index in [1.807, 2.05) is 11.3 Å². The maximum Gasteiger partial charge on any atom is 0.211 e. The van der Waals surface area contributed by atoms with Crippen LogP contribution < -0.4 is 5.32 Å². The molecule has 0 aromatic carbocycles. The lowest BCUT2D eigenvalue weighted by Crippen LogP contribution is -2.47. The van der Waals surface area contributed by atoms with E-state index in [9.17, 15) is 8.42 Å². The number of sulfonamides is 1. The molecule has 21 heavy (non-hydrogen) atoms. The van der Waals surface area contributed by atoms with Crippen molar-refractivity contribution < 1.29 is 8.42 Å². The average molecular weight is 329 g/mol. The lowest BCUT2D eigenvalue weighted by molar-refractivity contribution is 0.183. The van der Waals surface area contributed by atoms with Gasteiger partial charge in [0.1, 0.15) is 0 Å². The van der Waals surface area contributed by atoms with Gasteiger partial charge in [0.25, 0.3) is 0 Å². The Labute approximate surface area is 131 Å². The first-order chi connectivity index (χ1) is 10.0. The largest absolute Gasteiger partial charge is 0.309 e. The Hall–Kier alpha value is -0.470. The fourth-order valence-corrected chi connectivity index (χ4v) is 4.41. The molecule has 0 amide bonds. The highest BCUT2D eigenvalue weighted by Crippen LogP contribution is 2.22. The third-order valence-corrected chi connectivity index (χ3v) is 6.41. The summed E-state index contributed by atoms with van der Waals surface area (Å²) >= 11 is 1.87. The van der Waals surface area contributed by atoms with Gasteiger partial charge in [0.15, 0.2) is 0 Å². The highest BCUT2D eigenvalue weighted by atomic mass is 32.2. The molecular formula is C14H23N3O2S2. The van der Waals surface area contributed by atoms with Gasteiger partial charge in [-0.3, -0.25) is 4.90 Å². The highest BCUT2D eigenvalue weighted by molar-refractivity contribution is 7.88. The monoisotopic (exact) mass is 329 g/mol. The minimum absolute atomic E-state index is 0.611. The Kier molecular flexibility index (Phi) is 4.66. The van der Waals surface area contributed by atoms with E-state index in [1.165, 1.54) is 28.9 Å². The third-order valence-electron chi connectivity index (χ3n) is 4.04. The first-order valence-electron chi connectivity index (χ1n) is 7.49. The fraction of sp³-hybridized carbons (Fsp3) is 0.714. The Bertz CT molecular complexity index is 573. The van der Waals surface area contributed by atoms with Crippen LogP contribution in [0.5, 0.6) is 0 Å². The molecule has 1 N–H and O–H groups in total. The van der Waals surface area contributed by atoms with E-state index < -0.39 is 10.0 Å². The van der Waals surface area contributed by atoms with Crippen LogP contribution in [-0.2, 0) is 23.1 Å². The number of thiophene rings is 1. The Morgan fingerprint density at radius 3 is 2.48 bits per heavy atom. The Morgan fingerprint density at radius 2 is 1.86 bits per heavy atom. The van der Waals surface area contributed by atoms with Crippen molar-refractivity contribution in [1.82, 2.24) is 14.5 Å². The predicted octanol–water partition coefficient (Wildman–Crippen LogP) is 1.08. The average Bonchev–Trinajstić information content (AvgIpc) is 3.16. The lowest BCUT2D eigenvalue weighted by Gasteiger charge is -2.32. The van der Waals surface area contributed by atoms with Crippen molar-refractivity contribution >= 4 is 21.4 Å². The van der Waals surface area contributed by atoms with Crippen LogP contribution in [-0.4, -0.2) is 56.1 Å². The van der Waals surface area contributed by atoms with Gasteiger partial charge in [-0.2, -0.15) is 4.31 Å². The van der Waals surface area contributed by atoms with Crippen LogP contribution in [0, 0.1) is 0 Å². The molecule has 7 heteroatoms. The van der Waals surface area contributed by atoms with Crippen LogP contribution >= 0.6 is 11.3 Å². The number of piperazine rings is 1. The summed E-state index contributed by atoms with van der Waals surface area (Å²) in [5.41, 5.74) is 0. The van der Waals surface area contributed by atoms with Gasteiger partial charge in [0.05, 0.1) is 6.26 Å². The Morgan fingerprint density at radius 1 is 1.19 bits per heavy atom. The summed E-state index contributed by atoms with van der Waals surface area (Å²) in [7, 11) is -3.03. The van der Waals surface area contributed by atoms with E-state index in [1.54, 1.807) is 4.31 Å². The SMILES string of the molecule is CS(=O)(=O)N1CCN(Cc2ccc(CNC3CC3)s2)CC1.